The molecule has 1 atom stereocenters. The fraction of sp³-hybridized carbons (Fsp3) is 0.281. The molecule has 2 aliphatic rings. The number of carbonyl (C=O) groups is 2. The van der Waals surface area contributed by atoms with Crippen molar-refractivity contribution >= 4 is 33.2 Å². The zero-order chi connectivity index (χ0) is 31.9. The molecule has 0 aliphatic carbocycles. The van der Waals surface area contributed by atoms with Crippen molar-refractivity contribution in [3.05, 3.63) is 105 Å². The van der Waals surface area contributed by atoms with E-state index in [1.54, 1.807) is 25.1 Å². The van der Waals surface area contributed by atoms with Gasteiger partial charge in [-0.15, -0.1) is 11.3 Å². The van der Waals surface area contributed by atoms with Crippen molar-refractivity contribution in [2.24, 2.45) is 0 Å². The van der Waals surface area contributed by atoms with Crippen LogP contribution in [0.25, 0.3) is 10.4 Å². The molecule has 0 unspecified atom stereocenters. The topological polar surface area (TPSA) is 106 Å². The van der Waals surface area contributed by atoms with Crippen LogP contribution < -0.4 is 5.32 Å². The fourth-order valence-corrected chi connectivity index (χ4v) is 8.91. The highest BCUT2D eigenvalue weighted by atomic mass is 32.2. The number of nitrogens with one attached hydrogen (secondary N) is 1. The zero-order valence-corrected chi connectivity index (χ0v) is 25.7. The average Bonchev–Trinajstić information content (AvgIpc) is 3.75. The number of pyridine rings is 1. The number of nitrogens with zero attached hydrogens (tertiary/aromatic N) is 2. The lowest BCUT2D eigenvalue weighted by Crippen LogP contribution is -2.23. The highest BCUT2D eigenvalue weighted by molar-refractivity contribution is 7.89. The van der Waals surface area contributed by atoms with E-state index >= 15 is 0 Å². The molecule has 8 nitrogen and oxygen atoms in total. The molecule has 1 fully saturated rings. The number of benzene rings is 2. The van der Waals surface area contributed by atoms with E-state index in [1.807, 2.05) is 0 Å². The van der Waals surface area contributed by atoms with Gasteiger partial charge in [-0.1, -0.05) is 18.2 Å². The van der Waals surface area contributed by atoms with E-state index in [9.17, 15) is 31.2 Å². The Kier molecular flexibility index (Phi) is 8.51. The van der Waals surface area contributed by atoms with Crippen molar-refractivity contribution in [3.8, 4) is 10.4 Å². The molecule has 2 aromatic carbocycles. The number of amides is 1. The number of aryl methyl sites for hydroxylation is 2. The Balaban J connectivity index is 1.43. The number of fused-ring (bicyclic) bond motifs is 3. The number of halogens is 3. The Morgan fingerprint density at radius 1 is 1.02 bits per heavy atom. The standard InChI is InChI=1S/C32H28F3N3O5S2/c1-2-43-32(40)27-23(12-8-18-5-9-20(33)10-6-18)37-29-24-4-3-15-38(24)45(41,42)30(29)28(27)25-13-14-26(44-25)31(39)36-17-19-7-11-21(34)22(35)16-19/h5-7,9-11,13-14,16,24H,2-4,8,12,15,17H2,1H3,(H,36,39)/t24-/m0/s1. The summed E-state index contributed by atoms with van der Waals surface area (Å²) < 4.78 is 75.2. The summed E-state index contributed by atoms with van der Waals surface area (Å²) in [5.74, 6) is -3.66. The Morgan fingerprint density at radius 2 is 1.78 bits per heavy atom. The first-order chi connectivity index (χ1) is 21.6. The number of rotatable bonds is 9. The maximum atomic E-state index is 13.9. The smallest absolute Gasteiger partial charge is 0.340 e. The third-order valence-electron chi connectivity index (χ3n) is 7.90. The van der Waals surface area contributed by atoms with Crippen molar-refractivity contribution in [1.82, 2.24) is 14.6 Å². The number of aromatic nitrogens is 1. The predicted molar refractivity (Wildman–Crippen MR) is 161 cm³/mol. The van der Waals surface area contributed by atoms with Gasteiger partial charge < -0.3 is 10.1 Å². The largest absolute Gasteiger partial charge is 0.462 e. The number of hydrogen-bond acceptors (Lipinski definition) is 7. The molecule has 6 rings (SSSR count). The number of thiophene rings is 1. The summed E-state index contributed by atoms with van der Waals surface area (Å²) in [5.41, 5.74) is 2.04. The summed E-state index contributed by atoms with van der Waals surface area (Å²) in [6.07, 6.45) is 1.91. The minimum absolute atomic E-state index is 0.0121. The first-order valence-corrected chi connectivity index (χ1v) is 16.7. The fourth-order valence-electron chi connectivity index (χ4n) is 5.81. The predicted octanol–water partition coefficient (Wildman–Crippen LogP) is 5.96. The van der Waals surface area contributed by atoms with Crippen LogP contribution in [-0.4, -0.2) is 42.7 Å². The van der Waals surface area contributed by atoms with Gasteiger partial charge in [0.25, 0.3) is 5.91 Å². The van der Waals surface area contributed by atoms with Crippen molar-refractivity contribution in [2.45, 2.75) is 50.1 Å². The number of hydrogen-bond donors (Lipinski definition) is 1. The van der Waals surface area contributed by atoms with Gasteiger partial charge in [-0.3, -0.25) is 9.78 Å². The normalized spacial score (nSPS) is 16.8. The molecule has 4 heterocycles. The third-order valence-corrected chi connectivity index (χ3v) is 11.0. The Labute approximate surface area is 261 Å². The second-order valence-corrected chi connectivity index (χ2v) is 13.6. The van der Waals surface area contributed by atoms with E-state index in [0.717, 1.165) is 29.0 Å². The van der Waals surface area contributed by atoms with Gasteiger partial charge in [0.1, 0.15) is 10.7 Å². The van der Waals surface area contributed by atoms with Crippen LogP contribution >= 0.6 is 11.3 Å². The van der Waals surface area contributed by atoms with Crippen LogP contribution in [-0.2, 0) is 34.1 Å². The first kappa shape index (κ1) is 30.9. The van der Waals surface area contributed by atoms with Crippen molar-refractivity contribution < 1.29 is 35.9 Å². The van der Waals surface area contributed by atoms with Gasteiger partial charge in [-0.2, -0.15) is 4.31 Å². The molecule has 1 amide bonds. The van der Waals surface area contributed by atoms with Gasteiger partial charge in [-0.05, 0) is 80.1 Å². The van der Waals surface area contributed by atoms with Crippen LogP contribution in [0.3, 0.4) is 0 Å². The van der Waals surface area contributed by atoms with Crippen molar-refractivity contribution in [3.63, 3.8) is 0 Å². The van der Waals surface area contributed by atoms with Crippen LogP contribution in [0.1, 0.15) is 68.4 Å². The molecule has 1 N–H and O–H groups in total. The molecular formula is C32H28F3N3O5S2. The lowest BCUT2D eigenvalue weighted by atomic mass is 9.97. The molecule has 2 aliphatic heterocycles. The third kappa shape index (κ3) is 5.87. The molecule has 234 valence electrons. The van der Waals surface area contributed by atoms with Gasteiger partial charge in [0.2, 0.25) is 10.0 Å². The van der Waals surface area contributed by atoms with Crippen molar-refractivity contribution in [2.75, 3.05) is 13.2 Å². The maximum Gasteiger partial charge on any atom is 0.340 e. The van der Waals surface area contributed by atoms with Crippen LogP contribution in [0, 0.1) is 17.5 Å². The highest BCUT2D eigenvalue weighted by Crippen LogP contribution is 2.50. The SMILES string of the molecule is CCOC(=O)c1c(CCc2ccc(F)cc2)nc2c(c1-c1ccc(C(=O)NCc3ccc(F)c(F)c3)s1)S(=O)(=O)N1CCC[C@@H]21. The second kappa shape index (κ2) is 12.4. The minimum Gasteiger partial charge on any atom is -0.462 e. The van der Waals surface area contributed by atoms with Crippen LogP contribution in [0.4, 0.5) is 13.2 Å². The van der Waals surface area contributed by atoms with E-state index in [1.165, 1.54) is 28.6 Å². The van der Waals surface area contributed by atoms with Gasteiger partial charge in [0, 0.05) is 23.5 Å². The minimum atomic E-state index is -4.03. The molecular weight excluding hydrogens is 627 g/mol. The summed E-state index contributed by atoms with van der Waals surface area (Å²) in [5, 5.41) is 2.66. The monoisotopic (exact) mass is 655 g/mol. The molecule has 2 aromatic heterocycles. The van der Waals surface area contributed by atoms with E-state index in [2.05, 4.69) is 5.32 Å². The van der Waals surface area contributed by atoms with E-state index < -0.39 is 39.6 Å². The summed E-state index contributed by atoms with van der Waals surface area (Å²) in [4.78, 5) is 32.0. The highest BCUT2D eigenvalue weighted by Gasteiger charge is 2.49. The lowest BCUT2D eigenvalue weighted by molar-refractivity contribution is 0.0525. The zero-order valence-electron chi connectivity index (χ0n) is 24.1. The van der Waals surface area contributed by atoms with Gasteiger partial charge in [0.15, 0.2) is 11.6 Å². The van der Waals surface area contributed by atoms with Crippen molar-refractivity contribution in [1.29, 1.82) is 0 Å². The van der Waals surface area contributed by atoms with E-state index in [-0.39, 0.29) is 46.3 Å². The molecule has 13 heteroatoms. The number of sulfonamides is 1. The lowest BCUT2D eigenvalue weighted by Gasteiger charge is -2.17. The van der Waals surface area contributed by atoms with E-state index in [4.69, 9.17) is 9.72 Å². The number of ether oxygens (including phenoxy) is 1. The molecule has 1 saturated heterocycles. The van der Waals surface area contributed by atoms with Crippen LogP contribution in [0.2, 0.25) is 0 Å². The first-order valence-electron chi connectivity index (χ1n) is 14.4. The summed E-state index contributed by atoms with van der Waals surface area (Å²) >= 11 is 0.998. The number of esters is 1. The molecule has 45 heavy (non-hydrogen) atoms. The van der Waals surface area contributed by atoms with Crippen LogP contribution in [0.5, 0.6) is 0 Å². The van der Waals surface area contributed by atoms with Gasteiger partial charge in [-0.25, -0.2) is 26.4 Å². The van der Waals surface area contributed by atoms with Crippen LogP contribution in [0.15, 0.2) is 59.5 Å². The quantitative estimate of drug-likeness (QED) is 0.223. The molecule has 0 radical (unpaired) electrons. The maximum absolute atomic E-state index is 13.9. The summed E-state index contributed by atoms with van der Waals surface area (Å²) in [6, 6.07) is 11.9. The summed E-state index contributed by atoms with van der Waals surface area (Å²) in [7, 11) is -4.03. The second-order valence-electron chi connectivity index (χ2n) is 10.7. The Hall–Kier alpha value is -4.07. The molecule has 4 aromatic rings. The summed E-state index contributed by atoms with van der Waals surface area (Å²) in [6.45, 7) is 1.94. The van der Waals surface area contributed by atoms with Gasteiger partial charge in [0.05, 0.1) is 34.5 Å². The molecule has 0 spiro atoms. The van der Waals surface area contributed by atoms with E-state index in [0.29, 0.717) is 47.6 Å². The van der Waals surface area contributed by atoms with Gasteiger partial charge >= 0.3 is 5.97 Å². The Morgan fingerprint density at radius 3 is 2.51 bits per heavy atom. The molecule has 0 bridgehead atoms. The Bertz CT molecular complexity index is 1910. The molecule has 0 saturated carbocycles. The number of carbonyl (C=O) groups excluding carboxylic acids is 2. The average molecular weight is 656 g/mol.